The predicted octanol–water partition coefficient (Wildman–Crippen LogP) is 5.24. The molecule has 4 rings (SSSR count). The van der Waals surface area contributed by atoms with Crippen LogP contribution in [0.25, 0.3) is 22.3 Å². The fourth-order valence-corrected chi connectivity index (χ4v) is 3.31. The Labute approximate surface area is 172 Å². The number of fused-ring (bicyclic) bond motifs is 1. The number of urea groups is 1. The Morgan fingerprint density at radius 1 is 1.14 bits per heavy atom. The molecule has 0 atom stereocenters. The lowest BCUT2D eigenvalue weighted by Gasteiger charge is -2.11. The third-order valence-electron chi connectivity index (χ3n) is 4.49. The average molecular weight is 408 g/mol. The number of methoxy groups -OCH3 is 1. The van der Waals surface area contributed by atoms with Gasteiger partial charge in [0.25, 0.3) is 0 Å². The van der Waals surface area contributed by atoms with Gasteiger partial charge in [-0.15, -0.1) is 0 Å². The summed E-state index contributed by atoms with van der Waals surface area (Å²) < 4.78 is 5.16. The average Bonchev–Trinajstić information content (AvgIpc) is 3.11. The van der Waals surface area contributed by atoms with Crippen molar-refractivity contribution in [3.8, 4) is 17.0 Å². The number of hydrogen-bond donors (Lipinski definition) is 3. The van der Waals surface area contributed by atoms with Crippen molar-refractivity contribution in [1.29, 1.82) is 0 Å². The molecular formula is C21H18ClN5O2. The molecule has 0 fully saturated rings. The first-order valence-corrected chi connectivity index (χ1v) is 9.23. The van der Waals surface area contributed by atoms with Crippen LogP contribution in [0, 0.1) is 6.92 Å². The smallest absolute Gasteiger partial charge is 0.323 e. The molecule has 0 aliphatic heterocycles. The van der Waals surface area contributed by atoms with Crippen LogP contribution < -0.4 is 15.4 Å². The SMILES string of the molecule is COc1cccc(NC(=O)Nc2ccc(-c3ncnc4[nH]cc(C)c34)cc2Cl)c1. The van der Waals surface area contributed by atoms with Gasteiger partial charge in [0.1, 0.15) is 17.7 Å². The van der Waals surface area contributed by atoms with Crippen LogP contribution >= 0.6 is 11.6 Å². The van der Waals surface area contributed by atoms with Gasteiger partial charge in [0.15, 0.2) is 0 Å². The van der Waals surface area contributed by atoms with Gasteiger partial charge in [-0.05, 0) is 36.8 Å². The maximum atomic E-state index is 12.3. The molecule has 146 valence electrons. The summed E-state index contributed by atoms with van der Waals surface area (Å²) in [5.41, 5.74) is 4.54. The molecule has 3 N–H and O–H groups in total. The Hall–Kier alpha value is -3.58. The Balaban J connectivity index is 1.55. The van der Waals surface area contributed by atoms with Crippen LogP contribution in [0.3, 0.4) is 0 Å². The van der Waals surface area contributed by atoms with Gasteiger partial charge in [-0.3, -0.25) is 0 Å². The van der Waals surface area contributed by atoms with Crippen molar-refractivity contribution >= 4 is 40.0 Å². The molecule has 8 heteroatoms. The highest BCUT2D eigenvalue weighted by atomic mass is 35.5. The third-order valence-corrected chi connectivity index (χ3v) is 4.80. The number of carbonyl (C=O) groups is 1. The number of benzene rings is 2. The molecule has 2 aromatic heterocycles. The van der Waals surface area contributed by atoms with Gasteiger partial charge in [0, 0.05) is 28.9 Å². The number of anilines is 2. The van der Waals surface area contributed by atoms with Crippen LogP contribution in [0.5, 0.6) is 5.75 Å². The van der Waals surface area contributed by atoms with E-state index in [-0.39, 0.29) is 0 Å². The molecule has 2 aromatic carbocycles. The van der Waals surface area contributed by atoms with Crippen LogP contribution in [0.4, 0.5) is 16.2 Å². The summed E-state index contributed by atoms with van der Waals surface area (Å²) >= 11 is 6.43. The highest BCUT2D eigenvalue weighted by molar-refractivity contribution is 6.34. The van der Waals surface area contributed by atoms with E-state index in [1.807, 2.05) is 19.2 Å². The lowest BCUT2D eigenvalue weighted by molar-refractivity contribution is 0.262. The number of amides is 2. The molecule has 0 bridgehead atoms. The summed E-state index contributed by atoms with van der Waals surface area (Å²) in [7, 11) is 1.57. The number of halogens is 1. The predicted molar refractivity (Wildman–Crippen MR) is 115 cm³/mol. The normalized spacial score (nSPS) is 10.7. The standard InChI is InChI=1S/C21H18ClN5O2/c1-12-10-23-20-18(12)19(24-11-25-20)13-6-7-17(16(22)8-13)27-21(28)26-14-4-3-5-15(9-14)29-2/h3-11H,1-2H3,(H,23,24,25)(H2,26,27,28). The first-order valence-electron chi connectivity index (χ1n) is 8.86. The quantitative estimate of drug-likeness (QED) is 0.431. The second-order valence-electron chi connectivity index (χ2n) is 6.42. The van der Waals surface area contributed by atoms with Gasteiger partial charge in [-0.2, -0.15) is 0 Å². The summed E-state index contributed by atoms with van der Waals surface area (Å²) in [5, 5.41) is 6.86. The zero-order valence-corrected chi connectivity index (χ0v) is 16.5. The largest absolute Gasteiger partial charge is 0.497 e. The monoisotopic (exact) mass is 407 g/mol. The molecule has 0 saturated carbocycles. The maximum absolute atomic E-state index is 12.3. The second-order valence-corrected chi connectivity index (χ2v) is 6.83. The highest BCUT2D eigenvalue weighted by Crippen LogP contribution is 2.32. The Morgan fingerprint density at radius 3 is 2.79 bits per heavy atom. The van der Waals surface area contributed by atoms with Crippen molar-refractivity contribution in [2.24, 2.45) is 0 Å². The molecule has 2 heterocycles. The van der Waals surface area contributed by atoms with E-state index in [1.54, 1.807) is 43.5 Å². The topological polar surface area (TPSA) is 91.9 Å². The summed E-state index contributed by atoms with van der Waals surface area (Å²) in [6, 6.07) is 12.1. The molecule has 29 heavy (non-hydrogen) atoms. The number of hydrogen-bond acceptors (Lipinski definition) is 4. The number of nitrogens with one attached hydrogen (secondary N) is 3. The number of aryl methyl sites for hydroxylation is 1. The molecule has 2 amide bonds. The number of ether oxygens (including phenoxy) is 1. The molecule has 4 aromatic rings. The van der Waals surface area contributed by atoms with Crippen molar-refractivity contribution in [2.45, 2.75) is 6.92 Å². The molecular weight excluding hydrogens is 390 g/mol. The number of aromatic nitrogens is 3. The van der Waals surface area contributed by atoms with Gasteiger partial charge in [0.2, 0.25) is 0 Å². The minimum absolute atomic E-state index is 0.404. The van der Waals surface area contributed by atoms with Crippen molar-refractivity contribution in [1.82, 2.24) is 15.0 Å². The van der Waals surface area contributed by atoms with Crippen LogP contribution in [0.1, 0.15) is 5.56 Å². The molecule has 0 unspecified atom stereocenters. The van der Waals surface area contributed by atoms with Gasteiger partial charge in [-0.25, -0.2) is 14.8 Å². The van der Waals surface area contributed by atoms with E-state index in [2.05, 4.69) is 25.6 Å². The van der Waals surface area contributed by atoms with Gasteiger partial charge in [-0.1, -0.05) is 23.7 Å². The lowest BCUT2D eigenvalue weighted by atomic mass is 10.1. The summed E-state index contributed by atoms with van der Waals surface area (Å²) in [6.07, 6.45) is 3.40. The summed E-state index contributed by atoms with van der Waals surface area (Å²) in [4.78, 5) is 24.1. The fraction of sp³-hybridized carbons (Fsp3) is 0.0952. The fourth-order valence-electron chi connectivity index (χ4n) is 3.09. The first kappa shape index (κ1) is 18.8. The minimum Gasteiger partial charge on any atom is -0.497 e. The van der Waals surface area contributed by atoms with E-state index in [1.165, 1.54) is 6.33 Å². The zero-order valence-electron chi connectivity index (χ0n) is 15.8. The van der Waals surface area contributed by atoms with E-state index in [4.69, 9.17) is 16.3 Å². The Bertz CT molecular complexity index is 1200. The van der Waals surface area contributed by atoms with Crippen molar-refractivity contribution in [3.05, 3.63) is 65.6 Å². The summed E-state index contributed by atoms with van der Waals surface area (Å²) in [5.74, 6) is 0.654. The van der Waals surface area contributed by atoms with Crippen molar-refractivity contribution in [2.75, 3.05) is 17.7 Å². The minimum atomic E-state index is -0.404. The first-order chi connectivity index (χ1) is 14.0. The lowest BCUT2D eigenvalue weighted by Crippen LogP contribution is -2.19. The molecule has 0 radical (unpaired) electrons. The molecule has 0 spiro atoms. The number of H-pyrrole nitrogens is 1. The van der Waals surface area contributed by atoms with Gasteiger partial charge < -0.3 is 20.4 Å². The number of nitrogens with zero attached hydrogens (tertiary/aromatic N) is 2. The Morgan fingerprint density at radius 2 is 2.00 bits per heavy atom. The van der Waals surface area contributed by atoms with E-state index in [0.717, 1.165) is 27.9 Å². The molecule has 0 aliphatic rings. The van der Waals surface area contributed by atoms with Crippen LogP contribution in [-0.2, 0) is 0 Å². The maximum Gasteiger partial charge on any atom is 0.323 e. The van der Waals surface area contributed by atoms with Crippen molar-refractivity contribution in [3.63, 3.8) is 0 Å². The van der Waals surface area contributed by atoms with Crippen LogP contribution in [-0.4, -0.2) is 28.1 Å². The van der Waals surface area contributed by atoms with E-state index >= 15 is 0 Å². The van der Waals surface area contributed by atoms with Crippen molar-refractivity contribution < 1.29 is 9.53 Å². The second kappa shape index (κ2) is 7.81. The van der Waals surface area contributed by atoms with Crippen LogP contribution in [0.15, 0.2) is 55.0 Å². The Kier molecular flexibility index (Phi) is 5.05. The highest BCUT2D eigenvalue weighted by Gasteiger charge is 2.13. The molecule has 0 aliphatic carbocycles. The number of aromatic amines is 1. The third kappa shape index (κ3) is 3.86. The van der Waals surface area contributed by atoms with E-state index in [0.29, 0.717) is 22.1 Å². The molecule has 0 saturated heterocycles. The van der Waals surface area contributed by atoms with E-state index in [9.17, 15) is 4.79 Å². The van der Waals surface area contributed by atoms with Crippen LogP contribution in [0.2, 0.25) is 5.02 Å². The zero-order chi connectivity index (χ0) is 20.4. The molecule has 7 nitrogen and oxygen atoms in total. The van der Waals surface area contributed by atoms with Gasteiger partial charge >= 0.3 is 6.03 Å². The number of carbonyl (C=O) groups excluding carboxylic acids is 1. The number of rotatable bonds is 4. The summed E-state index contributed by atoms with van der Waals surface area (Å²) in [6.45, 7) is 1.99. The van der Waals surface area contributed by atoms with E-state index < -0.39 is 6.03 Å². The van der Waals surface area contributed by atoms with Gasteiger partial charge in [0.05, 0.1) is 23.5 Å².